The number of nitrogens with zero attached hydrogens (tertiary/aromatic N) is 1. The summed E-state index contributed by atoms with van der Waals surface area (Å²) >= 11 is 12.3. The molecule has 1 aromatic heterocycles. The lowest BCUT2D eigenvalue weighted by molar-refractivity contribution is -0.139. The lowest BCUT2D eigenvalue weighted by Gasteiger charge is -2.12. The van der Waals surface area contributed by atoms with Gasteiger partial charge in [-0.25, -0.2) is 4.79 Å². The van der Waals surface area contributed by atoms with E-state index in [1.165, 1.54) is 0 Å². The predicted octanol–water partition coefficient (Wildman–Crippen LogP) is 3.55. The number of hydrogen-bond acceptors (Lipinski definition) is 4. The molecule has 1 atom stereocenters. The van der Waals surface area contributed by atoms with E-state index in [2.05, 4.69) is 10.5 Å². The van der Waals surface area contributed by atoms with E-state index >= 15 is 0 Å². The summed E-state index contributed by atoms with van der Waals surface area (Å²) in [5.41, 5.74) is 0.650. The van der Waals surface area contributed by atoms with Gasteiger partial charge in [-0.1, -0.05) is 41.3 Å². The summed E-state index contributed by atoms with van der Waals surface area (Å²) in [6, 6.07) is 3.88. The quantitative estimate of drug-likeness (QED) is 0.854. The molecule has 0 fully saturated rings. The van der Waals surface area contributed by atoms with Crippen molar-refractivity contribution >= 4 is 35.1 Å². The summed E-state index contributed by atoms with van der Waals surface area (Å²) in [5, 5.41) is 16.0. The molecule has 1 unspecified atom stereocenters. The zero-order valence-corrected chi connectivity index (χ0v) is 13.9. The van der Waals surface area contributed by atoms with Crippen LogP contribution >= 0.6 is 23.2 Å². The highest BCUT2D eigenvalue weighted by Crippen LogP contribution is 2.36. The standard InChI is InChI=1S/C15H14Cl2N2O4/c1-3-10(15(21)22)18-14(20)11-7(2)23-19-13(11)12-8(16)5-4-6-9(12)17/h4-6,10H,3H2,1-2H3,(H,18,20)(H,21,22). The number of rotatable bonds is 5. The Morgan fingerprint density at radius 3 is 2.48 bits per heavy atom. The molecule has 1 aromatic carbocycles. The van der Waals surface area contributed by atoms with E-state index in [1.54, 1.807) is 32.0 Å². The highest BCUT2D eigenvalue weighted by Gasteiger charge is 2.27. The molecule has 6 nitrogen and oxygen atoms in total. The Morgan fingerprint density at radius 2 is 1.96 bits per heavy atom. The Bertz CT molecular complexity index is 738. The van der Waals surface area contributed by atoms with Crippen LogP contribution in [0.2, 0.25) is 10.0 Å². The Hall–Kier alpha value is -2.05. The van der Waals surface area contributed by atoms with Gasteiger partial charge in [0, 0.05) is 5.56 Å². The number of amides is 1. The minimum Gasteiger partial charge on any atom is -0.480 e. The van der Waals surface area contributed by atoms with Crippen molar-refractivity contribution in [2.45, 2.75) is 26.3 Å². The first kappa shape index (κ1) is 17.3. The summed E-state index contributed by atoms with van der Waals surface area (Å²) in [6.07, 6.45) is 0.244. The van der Waals surface area contributed by atoms with Gasteiger partial charge in [0.25, 0.3) is 5.91 Å². The number of carboxylic acid groups (broad SMARTS) is 1. The van der Waals surface area contributed by atoms with Crippen LogP contribution in [-0.2, 0) is 4.79 Å². The van der Waals surface area contributed by atoms with E-state index < -0.39 is 17.9 Å². The van der Waals surface area contributed by atoms with Gasteiger partial charge < -0.3 is 14.9 Å². The molecule has 0 aliphatic heterocycles. The third-order valence-electron chi connectivity index (χ3n) is 3.30. The van der Waals surface area contributed by atoms with Gasteiger partial charge in [-0.15, -0.1) is 0 Å². The molecule has 0 radical (unpaired) electrons. The van der Waals surface area contributed by atoms with Crippen LogP contribution in [0.25, 0.3) is 11.3 Å². The Kier molecular flexibility index (Phi) is 5.28. The van der Waals surface area contributed by atoms with Gasteiger partial charge in [0.2, 0.25) is 0 Å². The Labute approximate surface area is 142 Å². The molecule has 1 heterocycles. The topological polar surface area (TPSA) is 92.4 Å². The van der Waals surface area contributed by atoms with E-state index in [9.17, 15) is 9.59 Å². The molecular weight excluding hydrogens is 343 g/mol. The molecule has 0 bridgehead atoms. The van der Waals surface area contributed by atoms with Gasteiger partial charge in [-0.05, 0) is 25.5 Å². The number of aliphatic carboxylic acids is 1. The van der Waals surface area contributed by atoms with Crippen molar-refractivity contribution in [3.05, 3.63) is 39.6 Å². The van der Waals surface area contributed by atoms with Crippen LogP contribution in [-0.4, -0.2) is 28.2 Å². The van der Waals surface area contributed by atoms with E-state index in [4.69, 9.17) is 32.8 Å². The van der Waals surface area contributed by atoms with Gasteiger partial charge in [0.15, 0.2) is 0 Å². The molecule has 1 amide bonds. The third-order valence-corrected chi connectivity index (χ3v) is 3.93. The number of halogens is 2. The minimum absolute atomic E-state index is 0.111. The van der Waals surface area contributed by atoms with Crippen LogP contribution in [0.3, 0.4) is 0 Å². The van der Waals surface area contributed by atoms with Crippen LogP contribution in [0.5, 0.6) is 0 Å². The number of nitrogens with one attached hydrogen (secondary N) is 1. The molecule has 0 saturated heterocycles. The average molecular weight is 357 g/mol. The predicted molar refractivity (Wildman–Crippen MR) is 85.9 cm³/mol. The van der Waals surface area contributed by atoms with Gasteiger partial charge in [0.05, 0.1) is 10.0 Å². The molecule has 0 spiro atoms. The van der Waals surface area contributed by atoms with Gasteiger partial charge in [-0.2, -0.15) is 0 Å². The number of hydrogen-bond donors (Lipinski definition) is 2. The summed E-state index contributed by atoms with van der Waals surface area (Å²) in [6.45, 7) is 3.21. The highest BCUT2D eigenvalue weighted by atomic mass is 35.5. The molecule has 2 rings (SSSR count). The lowest BCUT2D eigenvalue weighted by Crippen LogP contribution is -2.40. The second kappa shape index (κ2) is 7.02. The van der Waals surface area contributed by atoms with Gasteiger partial charge in [-0.3, -0.25) is 4.79 Å². The fourth-order valence-electron chi connectivity index (χ4n) is 2.10. The Balaban J connectivity index is 2.47. The van der Waals surface area contributed by atoms with Crippen molar-refractivity contribution in [1.29, 1.82) is 0 Å². The number of aromatic nitrogens is 1. The lowest BCUT2D eigenvalue weighted by atomic mass is 10.0. The number of carboxylic acids is 1. The first-order chi connectivity index (χ1) is 10.9. The summed E-state index contributed by atoms with van der Waals surface area (Å²) in [5.74, 6) is -1.48. The van der Waals surface area contributed by atoms with Crippen molar-refractivity contribution in [2.75, 3.05) is 0 Å². The zero-order valence-electron chi connectivity index (χ0n) is 12.4. The highest BCUT2D eigenvalue weighted by molar-refractivity contribution is 6.39. The first-order valence-electron chi connectivity index (χ1n) is 6.81. The maximum absolute atomic E-state index is 12.5. The minimum atomic E-state index is -1.12. The average Bonchev–Trinajstić information content (AvgIpc) is 2.85. The zero-order chi connectivity index (χ0) is 17.1. The van der Waals surface area contributed by atoms with Crippen LogP contribution in [0.4, 0.5) is 0 Å². The van der Waals surface area contributed by atoms with E-state index in [1.807, 2.05) is 0 Å². The molecule has 0 aliphatic carbocycles. The molecule has 2 aromatic rings. The molecule has 8 heteroatoms. The maximum Gasteiger partial charge on any atom is 0.326 e. The third kappa shape index (κ3) is 3.48. The van der Waals surface area contributed by atoms with Gasteiger partial charge >= 0.3 is 5.97 Å². The molecule has 0 aliphatic rings. The van der Waals surface area contributed by atoms with Crippen molar-refractivity contribution in [3.8, 4) is 11.3 Å². The number of benzene rings is 1. The van der Waals surface area contributed by atoms with Crippen LogP contribution in [0.1, 0.15) is 29.5 Å². The first-order valence-corrected chi connectivity index (χ1v) is 7.56. The van der Waals surface area contributed by atoms with Crippen LogP contribution in [0.15, 0.2) is 22.7 Å². The fourth-order valence-corrected chi connectivity index (χ4v) is 2.68. The number of aryl methyl sites for hydroxylation is 1. The fraction of sp³-hybridized carbons (Fsp3) is 0.267. The SMILES string of the molecule is CCC(NC(=O)c1c(-c2c(Cl)cccc2Cl)noc1C)C(=O)O. The van der Waals surface area contributed by atoms with Crippen molar-refractivity contribution < 1.29 is 19.2 Å². The van der Waals surface area contributed by atoms with Gasteiger partial charge in [0.1, 0.15) is 23.1 Å². The molecule has 2 N–H and O–H groups in total. The normalized spacial score (nSPS) is 12.0. The summed E-state index contributed by atoms with van der Waals surface area (Å²) in [4.78, 5) is 23.5. The number of carbonyl (C=O) groups excluding carboxylic acids is 1. The maximum atomic E-state index is 12.5. The molecule has 23 heavy (non-hydrogen) atoms. The van der Waals surface area contributed by atoms with E-state index in [-0.39, 0.29) is 23.4 Å². The Morgan fingerprint density at radius 1 is 1.35 bits per heavy atom. The van der Waals surface area contributed by atoms with Crippen molar-refractivity contribution in [3.63, 3.8) is 0 Å². The number of carbonyl (C=O) groups is 2. The van der Waals surface area contributed by atoms with Crippen molar-refractivity contribution in [1.82, 2.24) is 10.5 Å². The molecular formula is C15H14Cl2N2O4. The molecule has 0 saturated carbocycles. The van der Waals surface area contributed by atoms with Crippen molar-refractivity contribution in [2.24, 2.45) is 0 Å². The second-order valence-corrected chi connectivity index (χ2v) is 5.65. The van der Waals surface area contributed by atoms with Crippen LogP contribution in [0, 0.1) is 6.92 Å². The van der Waals surface area contributed by atoms with E-state index in [0.717, 1.165) is 0 Å². The largest absolute Gasteiger partial charge is 0.480 e. The van der Waals surface area contributed by atoms with Crippen LogP contribution < -0.4 is 5.32 Å². The molecule has 122 valence electrons. The second-order valence-electron chi connectivity index (χ2n) is 4.83. The smallest absolute Gasteiger partial charge is 0.326 e. The summed E-state index contributed by atoms with van der Waals surface area (Å²) < 4.78 is 5.08. The van der Waals surface area contributed by atoms with E-state index in [0.29, 0.717) is 15.6 Å². The summed E-state index contributed by atoms with van der Waals surface area (Å²) in [7, 11) is 0. The monoisotopic (exact) mass is 356 g/mol.